The highest BCUT2D eigenvalue weighted by molar-refractivity contribution is 9.10. The van der Waals surface area contributed by atoms with Gasteiger partial charge in [-0.2, -0.15) is 0 Å². The van der Waals surface area contributed by atoms with Gasteiger partial charge in [0.05, 0.1) is 5.69 Å². The molecule has 2 heterocycles. The van der Waals surface area contributed by atoms with Gasteiger partial charge < -0.3 is 14.5 Å². The first-order valence-corrected chi connectivity index (χ1v) is 7.21. The lowest BCUT2D eigenvalue weighted by Crippen LogP contribution is -2.13. The Bertz CT molecular complexity index is 753. The molecule has 0 saturated heterocycles. The van der Waals surface area contributed by atoms with E-state index in [2.05, 4.69) is 25.9 Å². The molecule has 2 aliphatic rings. The number of aromatic nitrogens is 2. The molecule has 6 heteroatoms. The number of hydrogen-bond donors (Lipinski definition) is 1. The van der Waals surface area contributed by atoms with Crippen LogP contribution in [0.2, 0.25) is 0 Å². The summed E-state index contributed by atoms with van der Waals surface area (Å²) in [5.74, 6) is 2.37. The average molecular weight is 335 g/mol. The summed E-state index contributed by atoms with van der Waals surface area (Å²) in [6.45, 7) is 0.233. The lowest BCUT2D eigenvalue weighted by Gasteiger charge is -2.06. The van der Waals surface area contributed by atoms with E-state index in [1.807, 2.05) is 18.2 Å². The van der Waals surface area contributed by atoms with Gasteiger partial charge >= 0.3 is 0 Å². The topological polar surface area (TPSA) is 64.2 Å². The molecule has 2 aromatic rings. The lowest BCUT2D eigenvalue weighted by atomic mass is 10.1. The Labute approximate surface area is 123 Å². The minimum absolute atomic E-state index is 0.144. The van der Waals surface area contributed by atoms with Crippen LogP contribution in [-0.4, -0.2) is 16.8 Å². The van der Waals surface area contributed by atoms with Crippen LogP contribution >= 0.6 is 15.9 Å². The van der Waals surface area contributed by atoms with Crippen molar-refractivity contribution in [3.05, 3.63) is 38.7 Å². The average Bonchev–Trinajstić information content (AvgIpc) is 3.18. The maximum absolute atomic E-state index is 12.0. The zero-order valence-electron chi connectivity index (χ0n) is 10.5. The Hall–Kier alpha value is -1.82. The molecule has 1 aliphatic carbocycles. The van der Waals surface area contributed by atoms with Crippen LogP contribution in [-0.2, 0) is 0 Å². The van der Waals surface area contributed by atoms with Gasteiger partial charge in [0.15, 0.2) is 11.5 Å². The first-order chi connectivity index (χ1) is 9.72. The third-order valence-electron chi connectivity index (χ3n) is 3.50. The molecule has 1 aliphatic heterocycles. The smallest absolute Gasteiger partial charge is 0.265 e. The molecule has 0 radical (unpaired) electrons. The summed E-state index contributed by atoms with van der Waals surface area (Å²) in [6, 6.07) is 5.54. The van der Waals surface area contributed by atoms with E-state index >= 15 is 0 Å². The first-order valence-electron chi connectivity index (χ1n) is 6.42. The van der Waals surface area contributed by atoms with Crippen LogP contribution in [0, 0.1) is 0 Å². The Morgan fingerprint density at radius 2 is 2.05 bits per heavy atom. The van der Waals surface area contributed by atoms with E-state index in [0.29, 0.717) is 22.0 Å². The molecule has 20 heavy (non-hydrogen) atoms. The molecule has 102 valence electrons. The van der Waals surface area contributed by atoms with Gasteiger partial charge in [-0.15, -0.1) is 0 Å². The summed E-state index contributed by atoms with van der Waals surface area (Å²) in [5.41, 5.74) is 1.52. The van der Waals surface area contributed by atoms with Crippen molar-refractivity contribution in [2.75, 3.05) is 6.79 Å². The van der Waals surface area contributed by atoms with Crippen molar-refractivity contribution in [1.29, 1.82) is 0 Å². The number of fused-ring (bicyclic) bond motifs is 1. The number of ether oxygens (including phenoxy) is 2. The van der Waals surface area contributed by atoms with E-state index in [4.69, 9.17) is 9.47 Å². The second-order valence-corrected chi connectivity index (χ2v) is 5.75. The summed E-state index contributed by atoms with van der Waals surface area (Å²) >= 11 is 3.33. The zero-order chi connectivity index (χ0) is 13.7. The zero-order valence-corrected chi connectivity index (χ0v) is 12.1. The second kappa shape index (κ2) is 4.34. The summed E-state index contributed by atoms with van der Waals surface area (Å²) in [5, 5.41) is 0. The maximum atomic E-state index is 12.0. The fourth-order valence-electron chi connectivity index (χ4n) is 2.28. The molecule has 0 unspecified atom stereocenters. The molecular weight excluding hydrogens is 324 g/mol. The Kier molecular flexibility index (Phi) is 2.60. The molecule has 0 amide bonds. The van der Waals surface area contributed by atoms with Crippen molar-refractivity contribution < 1.29 is 9.47 Å². The van der Waals surface area contributed by atoms with E-state index in [0.717, 1.165) is 29.8 Å². The Morgan fingerprint density at radius 3 is 2.85 bits per heavy atom. The standard InChI is InChI=1S/C14H11BrN2O3/c15-11-12(7-1-2-7)16-13(17-14(11)18)8-3-4-9-10(5-8)20-6-19-9/h3-5,7H,1-2,6H2,(H,16,17,18). The number of nitrogens with one attached hydrogen (secondary N) is 1. The lowest BCUT2D eigenvalue weighted by molar-refractivity contribution is 0.174. The van der Waals surface area contributed by atoms with E-state index in [9.17, 15) is 4.79 Å². The van der Waals surface area contributed by atoms with Gasteiger partial charge in [-0.05, 0) is 47.0 Å². The monoisotopic (exact) mass is 334 g/mol. The molecule has 1 saturated carbocycles. The number of H-pyrrole nitrogens is 1. The first kappa shape index (κ1) is 12.0. The number of hydrogen-bond acceptors (Lipinski definition) is 4. The number of halogens is 1. The van der Waals surface area contributed by atoms with E-state index in [-0.39, 0.29) is 12.4 Å². The van der Waals surface area contributed by atoms with Crippen molar-refractivity contribution in [3.63, 3.8) is 0 Å². The molecule has 1 N–H and O–H groups in total. The number of benzene rings is 1. The predicted octanol–water partition coefficient (Wildman–Crippen LogP) is 2.81. The molecule has 0 bridgehead atoms. The van der Waals surface area contributed by atoms with Crippen molar-refractivity contribution in [1.82, 2.24) is 9.97 Å². The van der Waals surface area contributed by atoms with E-state index < -0.39 is 0 Å². The highest BCUT2D eigenvalue weighted by Crippen LogP contribution is 2.42. The van der Waals surface area contributed by atoms with Gasteiger partial charge in [-0.1, -0.05) is 0 Å². The van der Waals surface area contributed by atoms with Crippen LogP contribution in [0.25, 0.3) is 11.4 Å². The Morgan fingerprint density at radius 1 is 1.25 bits per heavy atom. The molecule has 4 rings (SSSR count). The van der Waals surface area contributed by atoms with Crippen LogP contribution in [0.3, 0.4) is 0 Å². The van der Waals surface area contributed by atoms with Crippen LogP contribution < -0.4 is 15.0 Å². The maximum Gasteiger partial charge on any atom is 0.265 e. The van der Waals surface area contributed by atoms with Crippen LogP contribution in [0.15, 0.2) is 27.5 Å². The SMILES string of the molecule is O=c1[nH]c(-c2ccc3c(c2)OCO3)nc(C2CC2)c1Br. The van der Waals surface area contributed by atoms with Crippen LogP contribution in [0.1, 0.15) is 24.5 Å². The van der Waals surface area contributed by atoms with Gasteiger partial charge in [0.25, 0.3) is 5.56 Å². The Balaban J connectivity index is 1.84. The highest BCUT2D eigenvalue weighted by Gasteiger charge is 2.29. The number of aromatic amines is 1. The third kappa shape index (κ3) is 1.91. The molecule has 0 spiro atoms. The molecule has 0 atom stereocenters. The minimum atomic E-state index is -0.144. The van der Waals surface area contributed by atoms with Crippen LogP contribution in [0.5, 0.6) is 11.5 Å². The van der Waals surface area contributed by atoms with Crippen molar-refractivity contribution >= 4 is 15.9 Å². The van der Waals surface area contributed by atoms with Crippen molar-refractivity contribution in [2.45, 2.75) is 18.8 Å². The quantitative estimate of drug-likeness (QED) is 0.917. The summed E-state index contributed by atoms with van der Waals surface area (Å²) in [4.78, 5) is 19.4. The number of rotatable bonds is 2. The van der Waals surface area contributed by atoms with Crippen molar-refractivity contribution in [2.24, 2.45) is 0 Å². The van der Waals surface area contributed by atoms with Gasteiger partial charge in [0.1, 0.15) is 10.3 Å². The summed E-state index contributed by atoms with van der Waals surface area (Å²) in [7, 11) is 0. The van der Waals surface area contributed by atoms with Crippen LogP contribution in [0.4, 0.5) is 0 Å². The highest BCUT2D eigenvalue weighted by atomic mass is 79.9. The minimum Gasteiger partial charge on any atom is -0.454 e. The fraction of sp³-hybridized carbons (Fsp3) is 0.286. The molecule has 1 aromatic carbocycles. The van der Waals surface area contributed by atoms with Gasteiger partial charge in [-0.25, -0.2) is 4.98 Å². The predicted molar refractivity (Wildman–Crippen MR) is 76.1 cm³/mol. The molecule has 5 nitrogen and oxygen atoms in total. The van der Waals surface area contributed by atoms with E-state index in [1.54, 1.807) is 0 Å². The summed E-state index contributed by atoms with van der Waals surface area (Å²) in [6.07, 6.45) is 2.19. The molecule has 1 aromatic heterocycles. The van der Waals surface area contributed by atoms with Gasteiger partial charge in [0.2, 0.25) is 6.79 Å². The largest absolute Gasteiger partial charge is 0.454 e. The normalized spacial score (nSPS) is 16.4. The van der Waals surface area contributed by atoms with Gasteiger partial charge in [-0.3, -0.25) is 4.79 Å². The molecule has 1 fully saturated rings. The fourth-order valence-corrected chi connectivity index (χ4v) is 2.80. The number of nitrogens with zero attached hydrogens (tertiary/aromatic N) is 1. The molecular formula is C14H11BrN2O3. The van der Waals surface area contributed by atoms with E-state index in [1.165, 1.54) is 0 Å². The van der Waals surface area contributed by atoms with Crippen molar-refractivity contribution in [3.8, 4) is 22.9 Å². The summed E-state index contributed by atoms with van der Waals surface area (Å²) < 4.78 is 11.2. The van der Waals surface area contributed by atoms with Gasteiger partial charge in [0, 0.05) is 11.5 Å². The third-order valence-corrected chi connectivity index (χ3v) is 4.26. The second-order valence-electron chi connectivity index (χ2n) is 4.96.